The average Bonchev–Trinajstić information content (AvgIpc) is 3.25. The van der Waals surface area contributed by atoms with E-state index in [1.165, 1.54) is 24.0 Å². The first-order chi connectivity index (χ1) is 17.5. The Bertz CT molecular complexity index is 1590. The normalized spacial score (nSPS) is 11.5. The Hall–Kier alpha value is -3.93. The number of nitrogens with zero attached hydrogens (tertiary/aromatic N) is 2. The third-order valence-electron chi connectivity index (χ3n) is 5.92. The van der Waals surface area contributed by atoms with Gasteiger partial charge in [0.25, 0.3) is 5.91 Å². The van der Waals surface area contributed by atoms with Crippen LogP contribution in [0.15, 0.2) is 108 Å². The number of carbonyl (C=O) groups excluding carboxylic acids is 1. The molecule has 0 bridgehead atoms. The van der Waals surface area contributed by atoms with E-state index in [0.717, 1.165) is 27.3 Å². The SMILES string of the molecule is COc1ccc(Cl)cc1C(=O)N=c1sc(-c2ccccc2)c(-c2ccc(-c3ccccc3)cc2)n1C. The molecular weight excluding hydrogens is 488 g/mol. The van der Waals surface area contributed by atoms with Gasteiger partial charge in [0, 0.05) is 12.1 Å². The molecule has 178 valence electrons. The number of amides is 1. The van der Waals surface area contributed by atoms with Crippen molar-refractivity contribution in [3.8, 4) is 38.6 Å². The molecule has 0 radical (unpaired) electrons. The molecule has 0 unspecified atom stereocenters. The summed E-state index contributed by atoms with van der Waals surface area (Å²) in [5.74, 6) is 0.0316. The molecule has 1 amide bonds. The van der Waals surface area contributed by atoms with Crippen LogP contribution < -0.4 is 9.54 Å². The molecule has 0 aliphatic rings. The lowest BCUT2D eigenvalue weighted by molar-refractivity contribution is 0.0995. The van der Waals surface area contributed by atoms with Crippen LogP contribution in [0.1, 0.15) is 10.4 Å². The van der Waals surface area contributed by atoms with Crippen molar-refractivity contribution >= 4 is 28.8 Å². The molecule has 36 heavy (non-hydrogen) atoms. The van der Waals surface area contributed by atoms with Crippen LogP contribution >= 0.6 is 22.9 Å². The molecule has 0 atom stereocenters. The van der Waals surface area contributed by atoms with Crippen molar-refractivity contribution in [3.63, 3.8) is 0 Å². The predicted molar refractivity (Wildman–Crippen MR) is 147 cm³/mol. The number of benzene rings is 4. The second-order valence-electron chi connectivity index (χ2n) is 8.19. The van der Waals surface area contributed by atoms with Crippen molar-refractivity contribution in [1.29, 1.82) is 0 Å². The number of hydrogen-bond acceptors (Lipinski definition) is 3. The van der Waals surface area contributed by atoms with E-state index in [0.29, 0.717) is 21.1 Å². The summed E-state index contributed by atoms with van der Waals surface area (Å²) < 4.78 is 7.33. The first-order valence-corrected chi connectivity index (χ1v) is 12.6. The summed E-state index contributed by atoms with van der Waals surface area (Å²) in [6.07, 6.45) is 0. The molecule has 0 aliphatic carbocycles. The standard InChI is InChI=1S/C30H23ClN2O2S/c1-33-27(22-15-13-21(14-16-22)20-9-5-3-6-10-20)28(23-11-7-4-8-12-23)36-30(33)32-29(34)25-19-24(31)17-18-26(25)35-2/h3-19H,1-2H3. The van der Waals surface area contributed by atoms with E-state index in [1.807, 2.05) is 48.0 Å². The van der Waals surface area contributed by atoms with Gasteiger partial charge < -0.3 is 9.30 Å². The highest BCUT2D eigenvalue weighted by Gasteiger charge is 2.18. The van der Waals surface area contributed by atoms with E-state index in [2.05, 4.69) is 53.5 Å². The zero-order valence-electron chi connectivity index (χ0n) is 19.8. The van der Waals surface area contributed by atoms with E-state index in [4.69, 9.17) is 16.3 Å². The fourth-order valence-electron chi connectivity index (χ4n) is 4.11. The number of ether oxygens (including phenoxy) is 1. The van der Waals surface area contributed by atoms with Gasteiger partial charge in [0.15, 0.2) is 4.80 Å². The van der Waals surface area contributed by atoms with Crippen LogP contribution in [0.4, 0.5) is 0 Å². The molecule has 0 saturated carbocycles. The highest BCUT2D eigenvalue weighted by molar-refractivity contribution is 7.13. The molecular formula is C30H23ClN2O2S. The van der Waals surface area contributed by atoms with Crippen molar-refractivity contribution in [3.05, 3.63) is 119 Å². The molecule has 0 fully saturated rings. The smallest absolute Gasteiger partial charge is 0.283 e. The summed E-state index contributed by atoms with van der Waals surface area (Å²) in [6.45, 7) is 0. The Labute approximate surface area is 218 Å². The molecule has 0 aliphatic heterocycles. The zero-order chi connectivity index (χ0) is 25.1. The lowest BCUT2D eigenvalue weighted by atomic mass is 10.0. The molecule has 6 heteroatoms. The summed E-state index contributed by atoms with van der Waals surface area (Å²) in [5, 5.41) is 0.453. The monoisotopic (exact) mass is 510 g/mol. The third-order valence-corrected chi connectivity index (χ3v) is 7.34. The number of carbonyl (C=O) groups is 1. The van der Waals surface area contributed by atoms with Crippen molar-refractivity contribution in [2.45, 2.75) is 0 Å². The van der Waals surface area contributed by atoms with Gasteiger partial charge in [-0.2, -0.15) is 4.99 Å². The maximum Gasteiger partial charge on any atom is 0.283 e. The molecule has 1 heterocycles. The minimum atomic E-state index is -0.406. The molecule has 4 aromatic carbocycles. The predicted octanol–water partition coefficient (Wildman–Crippen LogP) is 7.49. The van der Waals surface area contributed by atoms with Crippen LogP contribution in [0.5, 0.6) is 5.75 Å². The van der Waals surface area contributed by atoms with Gasteiger partial charge in [-0.25, -0.2) is 0 Å². The zero-order valence-corrected chi connectivity index (χ0v) is 21.4. The van der Waals surface area contributed by atoms with Gasteiger partial charge in [-0.05, 0) is 40.5 Å². The van der Waals surface area contributed by atoms with Crippen LogP contribution in [-0.2, 0) is 7.05 Å². The number of halogens is 1. The highest BCUT2D eigenvalue weighted by Crippen LogP contribution is 2.35. The van der Waals surface area contributed by atoms with Crippen molar-refractivity contribution in [1.82, 2.24) is 4.57 Å². The van der Waals surface area contributed by atoms with Gasteiger partial charge in [-0.3, -0.25) is 4.79 Å². The number of hydrogen-bond donors (Lipinski definition) is 0. The quantitative estimate of drug-likeness (QED) is 0.246. The summed E-state index contributed by atoms with van der Waals surface area (Å²) in [7, 11) is 3.46. The molecule has 0 spiro atoms. The lowest BCUT2D eigenvalue weighted by Crippen LogP contribution is -2.14. The average molecular weight is 511 g/mol. The van der Waals surface area contributed by atoms with Crippen LogP contribution in [-0.4, -0.2) is 17.6 Å². The van der Waals surface area contributed by atoms with Crippen LogP contribution in [0.25, 0.3) is 32.8 Å². The van der Waals surface area contributed by atoms with Gasteiger partial charge in [0.1, 0.15) is 5.75 Å². The third kappa shape index (κ3) is 4.76. The Morgan fingerprint density at radius 2 is 1.39 bits per heavy atom. The second-order valence-corrected chi connectivity index (χ2v) is 9.61. The van der Waals surface area contributed by atoms with Crippen LogP contribution in [0.2, 0.25) is 5.02 Å². The Morgan fingerprint density at radius 1 is 0.806 bits per heavy atom. The molecule has 0 saturated heterocycles. The minimum absolute atomic E-state index is 0.327. The molecule has 0 N–H and O–H groups in total. The maximum absolute atomic E-state index is 13.2. The number of rotatable bonds is 5. The Kier molecular flexibility index (Phi) is 6.85. The number of aromatic nitrogens is 1. The van der Waals surface area contributed by atoms with E-state index in [9.17, 15) is 4.79 Å². The fraction of sp³-hybridized carbons (Fsp3) is 0.0667. The van der Waals surface area contributed by atoms with E-state index in [1.54, 1.807) is 18.2 Å². The van der Waals surface area contributed by atoms with Gasteiger partial charge in [0.2, 0.25) is 0 Å². The maximum atomic E-state index is 13.2. The first-order valence-electron chi connectivity index (χ1n) is 11.4. The summed E-state index contributed by atoms with van der Waals surface area (Å²) in [4.78, 5) is 19.3. The van der Waals surface area contributed by atoms with Crippen LogP contribution in [0.3, 0.4) is 0 Å². The van der Waals surface area contributed by atoms with Crippen molar-refractivity contribution in [2.75, 3.05) is 7.11 Å². The highest BCUT2D eigenvalue weighted by atomic mass is 35.5. The van der Waals surface area contributed by atoms with Gasteiger partial charge in [0.05, 0.1) is 23.2 Å². The summed E-state index contributed by atoms with van der Waals surface area (Å²) >= 11 is 7.62. The Morgan fingerprint density at radius 3 is 2.03 bits per heavy atom. The van der Waals surface area contributed by atoms with Gasteiger partial charge in [-0.15, -0.1) is 0 Å². The fourth-order valence-corrected chi connectivity index (χ4v) is 5.43. The topological polar surface area (TPSA) is 43.6 Å². The van der Waals surface area contributed by atoms with Gasteiger partial charge >= 0.3 is 0 Å². The molecule has 5 rings (SSSR count). The summed E-state index contributed by atoms with van der Waals surface area (Å²) in [6, 6.07) is 33.9. The number of methoxy groups -OCH3 is 1. The van der Waals surface area contributed by atoms with Crippen LogP contribution in [0, 0.1) is 0 Å². The van der Waals surface area contributed by atoms with Gasteiger partial charge in [-0.1, -0.05) is 108 Å². The second kappa shape index (κ2) is 10.4. The molecule has 5 aromatic rings. The minimum Gasteiger partial charge on any atom is -0.496 e. The van der Waals surface area contributed by atoms with Crippen molar-refractivity contribution < 1.29 is 9.53 Å². The van der Waals surface area contributed by atoms with E-state index < -0.39 is 5.91 Å². The Balaban J connectivity index is 1.64. The summed E-state index contributed by atoms with van der Waals surface area (Å²) in [5.41, 5.74) is 5.74. The first kappa shape index (κ1) is 23.8. The largest absolute Gasteiger partial charge is 0.496 e. The van der Waals surface area contributed by atoms with E-state index in [-0.39, 0.29) is 0 Å². The van der Waals surface area contributed by atoms with Crippen molar-refractivity contribution in [2.24, 2.45) is 12.0 Å². The molecule has 4 nitrogen and oxygen atoms in total. The van der Waals surface area contributed by atoms with E-state index >= 15 is 0 Å². The lowest BCUT2D eigenvalue weighted by Gasteiger charge is -2.09. The molecule has 1 aromatic heterocycles. The number of thiazole rings is 1.